The van der Waals surface area contributed by atoms with Gasteiger partial charge in [0.2, 0.25) is 5.91 Å². The van der Waals surface area contributed by atoms with Crippen LogP contribution in [0.5, 0.6) is 0 Å². The number of nitrogens with one attached hydrogen (secondary N) is 1. The van der Waals surface area contributed by atoms with Gasteiger partial charge in [-0.2, -0.15) is 11.8 Å². The molecule has 1 amide bonds. The molecule has 0 heterocycles. The van der Waals surface area contributed by atoms with Crippen LogP contribution in [0.3, 0.4) is 0 Å². The van der Waals surface area contributed by atoms with E-state index in [1.807, 2.05) is 6.26 Å². The van der Waals surface area contributed by atoms with Gasteiger partial charge in [-0.3, -0.25) is 4.79 Å². The molecule has 0 aromatic heterocycles. The fourth-order valence-electron chi connectivity index (χ4n) is 1.66. The molecule has 0 bridgehead atoms. The van der Waals surface area contributed by atoms with Gasteiger partial charge in [-0.05, 0) is 19.1 Å². The molecule has 76 valence electrons. The molecule has 1 fully saturated rings. The second-order valence-electron chi connectivity index (χ2n) is 3.46. The van der Waals surface area contributed by atoms with Crippen LogP contribution in [0.2, 0.25) is 0 Å². The largest absolute Gasteiger partial charge is 0.391 e. The number of thioether (sulfide) groups is 1. The van der Waals surface area contributed by atoms with Gasteiger partial charge in [-0.15, -0.1) is 0 Å². The van der Waals surface area contributed by atoms with Crippen LogP contribution < -0.4 is 5.32 Å². The lowest BCUT2D eigenvalue weighted by molar-refractivity contribution is -0.120. The minimum Gasteiger partial charge on any atom is -0.391 e. The van der Waals surface area contributed by atoms with E-state index >= 15 is 0 Å². The molecule has 2 N–H and O–H groups in total. The Labute approximate surface area is 83.3 Å². The Morgan fingerprint density at radius 2 is 2.23 bits per heavy atom. The predicted octanol–water partition coefficient (Wildman–Crippen LogP) is 0.769. The summed E-state index contributed by atoms with van der Waals surface area (Å²) in [5, 5.41) is 12.4. The van der Waals surface area contributed by atoms with Crippen molar-refractivity contribution in [3.8, 4) is 0 Å². The normalized spacial score (nSPS) is 28.5. The van der Waals surface area contributed by atoms with Crippen LogP contribution in [0.1, 0.15) is 25.7 Å². The highest BCUT2D eigenvalue weighted by Gasteiger charge is 2.23. The Bertz CT molecular complexity index is 175. The van der Waals surface area contributed by atoms with Crippen LogP contribution in [0.4, 0.5) is 0 Å². The maximum Gasteiger partial charge on any atom is 0.230 e. The van der Waals surface area contributed by atoms with Gasteiger partial charge in [-0.25, -0.2) is 0 Å². The van der Waals surface area contributed by atoms with Crippen LogP contribution in [0.25, 0.3) is 0 Å². The summed E-state index contributed by atoms with van der Waals surface area (Å²) in [6.45, 7) is 0. The van der Waals surface area contributed by atoms with Gasteiger partial charge in [-0.1, -0.05) is 12.8 Å². The predicted molar refractivity (Wildman–Crippen MR) is 54.8 cm³/mol. The highest BCUT2D eigenvalue weighted by molar-refractivity contribution is 7.99. The molecule has 0 unspecified atom stereocenters. The number of aliphatic hydroxyl groups excluding tert-OH is 1. The molecule has 1 aliphatic carbocycles. The van der Waals surface area contributed by atoms with E-state index in [-0.39, 0.29) is 18.1 Å². The number of amides is 1. The fourth-order valence-corrected chi connectivity index (χ4v) is 2.00. The zero-order chi connectivity index (χ0) is 9.68. The summed E-state index contributed by atoms with van der Waals surface area (Å²) in [7, 11) is 0. The quantitative estimate of drug-likeness (QED) is 0.712. The first-order valence-corrected chi connectivity index (χ1v) is 6.10. The lowest BCUT2D eigenvalue weighted by Gasteiger charge is -2.28. The molecule has 3 nitrogen and oxygen atoms in total. The SMILES string of the molecule is CSCC(=O)N[C@H]1CCCC[C@@H]1O. The van der Waals surface area contributed by atoms with Gasteiger partial charge in [0.15, 0.2) is 0 Å². The van der Waals surface area contributed by atoms with E-state index in [4.69, 9.17) is 0 Å². The maximum atomic E-state index is 11.2. The molecule has 4 heteroatoms. The number of carbonyl (C=O) groups excluding carboxylic acids is 1. The van der Waals surface area contributed by atoms with E-state index < -0.39 is 0 Å². The zero-order valence-electron chi connectivity index (χ0n) is 7.95. The zero-order valence-corrected chi connectivity index (χ0v) is 8.77. The third-order valence-corrected chi connectivity index (χ3v) is 2.90. The Kier molecular flexibility index (Phi) is 4.59. The molecule has 0 radical (unpaired) electrons. The van der Waals surface area contributed by atoms with Crippen molar-refractivity contribution in [2.45, 2.75) is 37.8 Å². The molecule has 1 aliphatic rings. The third kappa shape index (κ3) is 3.56. The van der Waals surface area contributed by atoms with E-state index in [1.165, 1.54) is 11.8 Å². The van der Waals surface area contributed by atoms with Gasteiger partial charge < -0.3 is 10.4 Å². The maximum absolute atomic E-state index is 11.2. The number of rotatable bonds is 3. The van der Waals surface area contributed by atoms with Crippen LogP contribution in [0, 0.1) is 0 Å². The van der Waals surface area contributed by atoms with Crippen LogP contribution in [-0.2, 0) is 4.79 Å². The van der Waals surface area contributed by atoms with Crippen molar-refractivity contribution in [1.29, 1.82) is 0 Å². The fraction of sp³-hybridized carbons (Fsp3) is 0.889. The molecule has 1 saturated carbocycles. The van der Waals surface area contributed by atoms with Gasteiger partial charge >= 0.3 is 0 Å². The Morgan fingerprint density at radius 1 is 1.54 bits per heavy atom. The van der Waals surface area contributed by atoms with Crippen molar-refractivity contribution in [3.63, 3.8) is 0 Å². The molecule has 0 spiro atoms. The lowest BCUT2D eigenvalue weighted by atomic mass is 9.93. The number of carbonyl (C=O) groups is 1. The molecule has 0 aromatic rings. The van der Waals surface area contributed by atoms with E-state index in [9.17, 15) is 9.90 Å². The third-order valence-electron chi connectivity index (χ3n) is 2.35. The standard InChI is InChI=1S/C9H17NO2S/c1-13-6-9(12)10-7-4-2-3-5-8(7)11/h7-8,11H,2-6H2,1H3,(H,10,12)/t7-,8-/m0/s1. The second-order valence-corrected chi connectivity index (χ2v) is 4.32. The summed E-state index contributed by atoms with van der Waals surface area (Å²) in [4.78, 5) is 11.2. The summed E-state index contributed by atoms with van der Waals surface area (Å²) in [6, 6.07) is -0.00611. The van der Waals surface area contributed by atoms with Crippen LogP contribution in [-0.4, -0.2) is 35.2 Å². The summed E-state index contributed by atoms with van der Waals surface area (Å²) in [5.74, 6) is 0.530. The van der Waals surface area contributed by atoms with E-state index in [0.29, 0.717) is 5.75 Å². The smallest absolute Gasteiger partial charge is 0.230 e. The minimum atomic E-state index is -0.334. The molecule has 0 aromatic carbocycles. The second kappa shape index (κ2) is 5.50. The van der Waals surface area contributed by atoms with Crippen molar-refractivity contribution < 1.29 is 9.90 Å². The molecular formula is C9H17NO2S. The minimum absolute atomic E-state index is 0.00611. The van der Waals surface area contributed by atoms with Crippen LogP contribution in [0.15, 0.2) is 0 Å². The Hall–Kier alpha value is -0.220. The molecule has 2 atom stereocenters. The highest BCUT2D eigenvalue weighted by atomic mass is 32.2. The average Bonchev–Trinajstić information content (AvgIpc) is 2.09. The summed E-state index contributed by atoms with van der Waals surface area (Å²) >= 11 is 1.51. The van der Waals surface area contributed by atoms with Gasteiger partial charge in [0, 0.05) is 0 Å². The summed E-state index contributed by atoms with van der Waals surface area (Å²) in [5.41, 5.74) is 0. The summed E-state index contributed by atoms with van der Waals surface area (Å²) in [6.07, 6.45) is 5.50. The van der Waals surface area contributed by atoms with Crippen molar-refractivity contribution in [3.05, 3.63) is 0 Å². The summed E-state index contributed by atoms with van der Waals surface area (Å²) < 4.78 is 0. The Morgan fingerprint density at radius 3 is 2.85 bits per heavy atom. The van der Waals surface area contributed by atoms with Crippen molar-refractivity contribution >= 4 is 17.7 Å². The number of hydrogen-bond donors (Lipinski definition) is 2. The highest BCUT2D eigenvalue weighted by Crippen LogP contribution is 2.18. The van der Waals surface area contributed by atoms with Crippen molar-refractivity contribution in [1.82, 2.24) is 5.32 Å². The molecule has 13 heavy (non-hydrogen) atoms. The molecule has 0 saturated heterocycles. The van der Waals surface area contributed by atoms with E-state index in [2.05, 4.69) is 5.32 Å². The van der Waals surface area contributed by atoms with Crippen molar-refractivity contribution in [2.24, 2.45) is 0 Å². The molecule has 1 rings (SSSR count). The molecule has 0 aliphatic heterocycles. The van der Waals surface area contributed by atoms with E-state index in [0.717, 1.165) is 25.7 Å². The van der Waals surface area contributed by atoms with Gasteiger partial charge in [0.1, 0.15) is 0 Å². The first kappa shape index (κ1) is 10.9. The topological polar surface area (TPSA) is 49.3 Å². The van der Waals surface area contributed by atoms with Crippen LogP contribution >= 0.6 is 11.8 Å². The average molecular weight is 203 g/mol. The first-order chi connectivity index (χ1) is 6.24. The first-order valence-electron chi connectivity index (χ1n) is 4.70. The lowest BCUT2D eigenvalue weighted by Crippen LogP contribution is -2.45. The molecular weight excluding hydrogens is 186 g/mol. The monoisotopic (exact) mass is 203 g/mol. The van der Waals surface area contributed by atoms with E-state index in [1.54, 1.807) is 0 Å². The number of hydrogen-bond acceptors (Lipinski definition) is 3. The van der Waals surface area contributed by atoms with Crippen molar-refractivity contribution in [2.75, 3.05) is 12.0 Å². The van der Waals surface area contributed by atoms with Gasteiger partial charge in [0.05, 0.1) is 17.9 Å². The Balaban J connectivity index is 2.29. The number of aliphatic hydroxyl groups is 1. The van der Waals surface area contributed by atoms with Gasteiger partial charge in [0.25, 0.3) is 0 Å².